The summed E-state index contributed by atoms with van der Waals surface area (Å²) in [5.41, 5.74) is 7.53. The number of rotatable bonds is 4. The molecule has 0 radical (unpaired) electrons. The summed E-state index contributed by atoms with van der Waals surface area (Å²) in [6, 6.07) is 12.0. The molecule has 2 aromatic carbocycles. The van der Waals surface area contributed by atoms with Crippen LogP contribution in [0.1, 0.15) is 12.8 Å². The number of halogens is 2. The lowest BCUT2D eigenvalue weighted by atomic mass is 10.1. The van der Waals surface area contributed by atoms with Gasteiger partial charge >= 0.3 is 0 Å². The molecule has 1 saturated heterocycles. The van der Waals surface area contributed by atoms with Gasteiger partial charge in [-0.05, 0) is 43.2 Å². The van der Waals surface area contributed by atoms with Crippen molar-refractivity contribution in [1.82, 2.24) is 4.98 Å². The van der Waals surface area contributed by atoms with Crippen LogP contribution in [-0.2, 0) is 9.53 Å². The molecule has 5 nitrogen and oxygen atoms in total. The van der Waals surface area contributed by atoms with Crippen LogP contribution in [0.5, 0.6) is 0 Å². The fourth-order valence-electron chi connectivity index (χ4n) is 3.08. The zero-order chi connectivity index (χ0) is 18.1. The van der Waals surface area contributed by atoms with E-state index in [0.717, 1.165) is 16.6 Å². The molecule has 0 spiro atoms. The Morgan fingerprint density at radius 2 is 2.11 bits per heavy atom. The number of nitrogens with one attached hydrogen (secondary N) is 1. The Hall–Kier alpha value is -2.06. The molecule has 1 aromatic heterocycles. The van der Waals surface area contributed by atoms with Crippen LogP contribution in [0.3, 0.4) is 0 Å². The highest BCUT2D eigenvalue weighted by atomic mass is 35.5. The molecule has 0 aliphatic carbocycles. The van der Waals surface area contributed by atoms with Crippen molar-refractivity contribution in [3.05, 3.63) is 48.3 Å². The van der Waals surface area contributed by atoms with Gasteiger partial charge in [0.1, 0.15) is 16.9 Å². The van der Waals surface area contributed by atoms with Gasteiger partial charge in [-0.1, -0.05) is 12.1 Å². The first kappa shape index (κ1) is 19.7. The lowest BCUT2D eigenvalue weighted by molar-refractivity contribution is -0.126. The summed E-state index contributed by atoms with van der Waals surface area (Å²) < 4.78 is 20.5. The van der Waals surface area contributed by atoms with Crippen LogP contribution in [0.15, 0.2) is 42.5 Å². The normalized spacial score (nSPS) is 19.0. The molecule has 0 unspecified atom stereocenters. The number of fused-ring (bicyclic) bond motifs is 1. The van der Waals surface area contributed by atoms with Crippen molar-refractivity contribution in [2.45, 2.75) is 25.0 Å². The molecule has 1 aliphatic heterocycles. The van der Waals surface area contributed by atoms with Crippen molar-refractivity contribution in [2.75, 3.05) is 11.9 Å². The van der Waals surface area contributed by atoms with Gasteiger partial charge in [-0.15, -0.1) is 23.7 Å². The quantitative estimate of drug-likeness (QED) is 0.686. The molecular weight excluding hydrogens is 389 g/mol. The zero-order valence-corrected chi connectivity index (χ0v) is 16.0. The SMILES string of the molecule is Cl.NC[C@H]1CC[C@@H](C(=O)Nc2ccc(F)cc2-c2nc3ccccc3s2)O1. The van der Waals surface area contributed by atoms with Crippen LogP contribution in [0.25, 0.3) is 20.8 Å². The Morgan fingerprint density at radius 1 is 1.30 bits per heavy atom. The van der Waals surface area contributed by atoms with Gasteiger partial charge in [0.2, 0.25) is 0 Å². The molecular formula is C19H19ClFN3O2S. The number of anilines is 1. The highest BCUT2D eigenvalue weighted by molar-refractivity contribution is 7.21. The topological polar surface area (TPSA) is 77.2 Å². The fourth-order valence-corrected chi connectivity index (χ4v) is 4.07. The highest BCUT2D eigenvalue weighted by Crippen LogP contribution is 2.35. The smallest absolute Gasteiger partial charge is 0.253 e. The number of para-hydroxylation sites is 1. The Morgan fingerprint density at radius 3 is 2.85 bits per heavy atom. The predicted molar refractivity (Wildman–Crippen MR) is 108 cm³/mol. The maximum atomic E-state index is 13.8. The largest absolute Gasteiger partial charge is 0.364 e. The minimum atomic E-state index is -0.531. The van der Waals surface area contributed by atoms with Crippen LogP contribution in [0, 0.1) is 5.82 Å². The van der Waals surface area contributed by atoms with Gasteiger partial charge < -0.3 is 15.8 Å². The molecule has 4 rings (SSSR count). The van der Waals surface area contributed by atoms with Crippen LogP contribution in [-0.4, -0.2) is 29.6 Å². The van der Waals surface area contributed by atoms with E-state index in [1.807, 2.05) is 24.3 Å². The number of hydrogen-bond acceptors (Lipinski definition) is 5. The monoisotopic (exact) mass is 407 g/mol. The Bertz CT molecular complexity index is 932. The Labute approximate surface area is 166 Å². The summed E-state index contributed by atoms with van der Waals surface area (Å²) in [6.07, 6.45) is 0.785. The second-order valence-electron chi connectivity index (χ2n) is 6.23. The van der Waals surface area contributed by atoms with Crippen molar-refractivity contribution in [1.29, 1.82) is 0 Å². The number of nitrogens with two attached hydrogens (primary N) is 1. The molecule has 0 saturated carbocycles. The molecule has 1 amide bonds. The first-order valence-corrected chi connectivity index (χ1v) is 9.27. The third kappa shape index (κ3) is 4.11. The molecule has 27 heavy (non-hydrogen) atoms. The summed E-state index contributed by atoms with van der Waals surface area (Å²) in [5.74, 6) is -0.618. The van der Waals surface area contributed by atoms with E-state index >= 15 is 0 Å². The number of carbonyl (C=O) groups is 1. The number of amides is 1. The van der Waals surface area contributed by atoms with E-state index in [0.29, 0.717) is 29.2 Å². The lowest BCUT2D eigenvalue weighted by Gasteiger charge is -2.14. The second-order valence-corrected chi connectivity index (χ2v) is 7.26. The van der Waals surface area contributed by atoms with E-state index < -0.39 is 6.10 Å². The maximum Gasteiger partial charge on any atom is 0.253 e. The van der Waals surface area contributed by atoms with Gasteiger partial charge in [-0.3, -0.25) is 4.79 Å². The van der Waals surface area contributed by atoms with Gasteiger partial charge in [0.05, 0.1) is 22.0 Å². The summed E-state index contributed by atoms with van der Waals surface area (Å²) in [7, 11) is 0. The Balaban J connectivity index is 0.00000210. The van der Waals surface area contributed by atoms with Gasteiger partial charge in [0, 0.05) is 12.1 Å². The zero-order valence-electron chi connectivity index (χ0n) is 14.4. The van der Waals surface area contributed by atoms with Gasteiger partial charge in [-0.25, -0.2) is 9.37 Å². The van der Waals surface area contributed by atoms with Gasteiger partial charge in [0.25, 0.3) is 5.91 Å². The second kappa shape index (κ2) is 8.31. The van der Waals surface area contributed by atoms with E-state index in [1.165, 1.54) is 23.5 Å². The van der Waals surface area contributed by atoms with Gasteiger partial charge in [0.15, 0.2) is 0 Å². The van der Waals surface area contributed by atoms with Crippen molar-refractivity contribution in [3.8, 4) is 10.6 Å². The summed E-state index contributed by atoms with van der Waals surface area (Å²) in [4.78, 5) is 17.1. The van der Waals surface area contributed by atoms with E-state index in [4.69, 9.17) is 10.5 Å². The number of carbonyl (C=O) groups excluding carboxylic acids is 1. The van der Waals surface area contributed by atoms with E-state index in [1.54, 1.807) is 6.07 Å². The van der Waals surface area contributed by atoms with Crippen LogP contribution >= 0.6 is 23.7 Å². The first-order valence-electron chi connectivity index (χ1n) is 8.46. The molecule has 8 heteroatoms. The Kier molecular flexibility index (Phi) is 6.06. The third-order valence-corrected chi connectivity index (χ3v) is 5.50. The molecule has 3 N–H and O–H groups in total. The highest BCUT2D eigenvalue weighted by Gasteiger charge is 2.30. The molecule has 2 atom stereocenters. The molecule has 2 heterocycles. The van der Waals surface area contributed by atoms with Crippen LogP contribution in [0.2, 0.25) is 0 Å². The average molecular weight is 408 g/mol. The predicted octanol–water partition coefficient (Wildman–Crippen LogP) is 3.97. The van der Waals surface area contributed by atoms with Crippen molar-refractivity contribution in [2.24, 2.45) is 5.73 Å². The average Bonchev–Trinajstić information content (AvgIpc) is 3.29. The first-order chi connectivity index (χ1) is 12.6. The van der Waals surface area contributed by atoms with Crippen molar-refractivity contribution in [3.63, 3.8) is 0 Å². The summed E-state index contributed by atoms with van der Waals surface area (Å²) >= 11 is 1.46. The minimum absolute atomic E-state index is 0. The van der Waals surface area contributed by atoms with Crippen LogP contribution in [0.4, 0.5) is 10.1 Å². The van der Waals surface area contributed by atoms with Crippen molar-refractivity contribution >= 4 is 45.6 Å². The molecule has 1 aliphatic rings. The number of ether oxygens (including phenoxy) is 1. The fraction of sp³-hybridized carbons (Fsp3) is 0.263. The minimum Gasteiger partial charge on any atom is -0.364 e. The molecule has 142 valence electrons. The number of nitrogens with zero attached hydrogens (tertiary/aromatic N) is 1. The number of hydrogen-bond donors (Lipinski definition) is 2. The third-order valence-electron chi connectivity index (χ3n) is 4.43. The molecule has 0 bridgehead atoms. The van der Waals surface area contributed by atoms with E-state index in [9.17, 15) is 9.18 Å². The number of benzene rings is 2. The van der Waals surface area contributed by atoms with Crippen molar-refractivity contribution < 1.29 is 13.9 Å². The lowest BCUT2D eigenvalue weighted by Crippen LogP contribution is -2.30. The van der Waals surface area contributed by atoms with Crippen LogP contribution < -0.4 is 11.1 Å². The van der Waals surface area contributed by atoms with E-state index in [2.05, 4.69) is 10.3 Å². The number of aromatic nitrogens is 1. The number of thiazole rings is 1. The van der Waals surface area contributed by atoms with Gasteiger partial charge in [-0.2, -0.15) is 0 Å². The molecule has 1 fully saturated rings. The standard InChI is InChI=1S/C19H18FN3O2S.ClH/c20-11-5-7-14(22-18(24)16-8-6-12(10-21)25-16)13(9-11)19-23-15-3-1-2-4-17(15)26-19;/h1-5,7,9,12,16H,6,8,10,21H2,(H,22,24);1H/t12-,16+;/m1./s1. The van der Waals surface area contributed by atoms with E-state index in [-0.39, 0.29) is 30.2 Å². The maximum absolute atomic E-state index is 13.8. The summed E-state index contributed by atoms with van der Waals surface area (Å²) in [5, 5.41) is 3.52. The summed E-state index contributed by atoms with van der Waals surface area (Å²) in [6.45, 7) is 0.400. The molecule has 3 aromatic rings.